The van der Waals surface area contributed by atoms with Crippen molar-refractivity contribution in [3.63, 3.8) is 0 Å². The molecule has 0 atom stereocenters. The van der Waals surface area contributed by atoms with Gasteiger partial charge in [-0.05, 0) is 11.6 Å². The first-order valence-electron chi connectivity index (χ1n) is 5.91. The molecule has 1 saturated heterocycles. The zero-order valence-corrected chi connectivity index (χ0v) is 10.1. The average Bonchev–Trinajstić information content (AvgIpc) is 2.40. The fourth-order valence-electron chi connectivity index (χ4n) is 2.10. The third-order valence-electron chi connectivity index (χ3n) is 3.01. The predicted molar refractivity (Wildman–Crippen MR) is 67.2 cm³/mol. The van der Waals surface area contributed by atoms with Crippen molar-refractivity contribution in [3.05, 3.63) is 29.8 Å². The van der Waals surface area contributed by atoms with E-state index in [9.17, 15) is 4.79 Å². The molecular formula is C13H18N2O2. The minimum Gasteiger partial charge on any atom is -0.469 e. The largest absolute Gasteiger partial charge is 0.469 e. The molecule has 0 aromatic heterocycles. The van der Waals surface area contributed by atoms with Gasteiger partial charge in [0.25, 0.3) is 0 Å². The molecular weight excluding hydrogens is 216 g/mol. The Kier molecular flexibility index (Phi) is 3.98. The Balaban J connectivity index is 2.17. The van der Waals surface area contributed by atoms with Crippen LogP contribution in [0.4, 0.5) is 5.69 Å². The summed E-state index contributed by atoms with van der Waals surface area (Å²) in [5.74, 6) is -0.187. The number of anilines is 1. The summed E-state index contributed by atoms with van der Waals surface area (Å²) in [6.45, 7) is 3.95. The Morgan fingerprint density at radius 2 is 2.06 bits per heavy atom. The molecule has 4 heteroatoms. The third-order valence-corrected chi connectivity index (χ3v) is 3.01. The van der Waals surface area contributed by atoms with Crippen LogP contribution in [0.2, 0.25) is 0 Å². The van der Waals surface area contributed by atoms with Crippen molar-refractivity contribution in [2.75, 3.05) is 38.2 Å². The Bertz CT molecular complexity index is 387. The van der Waals surface area contributed by atoms with E-state index in [1.807, 2.05) is 18.2 Å². The van der Waals surface area contributed by atoms with E-state index in [1.54, 1.807) is 0 Å². The first-order chi connectivity index (χ1) is 8.31. The molecule has 92 valence electrons. The number of benzene rings is 1. The summed E-state index contributed by atoms with van der Waals surface area (Å²) in [5, 5.41) is 3.32. The topological polar surface area (TPSA) is 41.6 Å². The van der Waals surface area contributed by atoms with Gasteiger partial charge in [0.05, 0.1) is 13.5 Å². The summed E-state index contributed by atoms with van der Waals surface area (Å²) in [6, 6.07) is 8.04. The van der Waals surface area contributed by atoms with Crippen LogP contribution in [0, 0.1) is 0 Å². The summed E-state index contributed by atoms with van der Waals surface area (Å²) < 4.78 is 4.73. The fourth-order valence-corrected chi connectivity index (χ4v) is 2.10. The molecule has 1 aliphatic heterocycles. The van der Waals surface area contributed by atoms with Crippen LogP contribution in [-0.2, 0) is 16.0 Å². The number of piperazine rings is 1. The van der Waals surface area contributed by atoms with Gasteiger partial charge in [-0.15, -0.1) is 0 Å². The van der Waals surface area contributed by atoms with E-state index in [4.69, 9.17) is 4.74 Å². The first kappa shape index (κ1) is 11.9. The standard InChI is InChI=1S/C13H18N2O2/c1-17-13(16)10-11-4-2-3-5-12(11)15-8-6-14-7-9-15/h2-5,14H,6-10H2,1H3. The van der Waals surface area contributed by atoms with E-state index in [2.05, 4.69) is 16.3 Å². The van der Waals surface area contributed by atoms with Crippen LogP contribution >= 0.6 is 0 Å². The normalized spacial score (nSPS) is 15.7. The average molecular weight is 234 g/mol. The lowest BCUT2D eigenvalue weighted by Crippen LogP contribution is -2.43. The van der Waals surface area contributed by atoms with Crippen molar-refractivity contribution in [2.45, 2.75) is 6.42 Å². The van der Waals surface area contributed by atoms with Gasteiger partial charge < -0.3 is 15.0 Å². The van der Waals surface area contributed by atoms with Gasteiger partial charge in [-0.25, -0.2) is 0 Å². The van der Waals surface area contributed by atoms with Crippen LogP contribution in [0.1, 0.15) is 5.56 Å². The van der Waals surface area contributed by atoms with Gasteiger partial charge in [0.2, 0.25) is 0 Å². The van der Waals surface area contributed by atoms with Crippen molar-refractivity contribution in [2.24, 2.45) is 0 Å². The van der Waals surface area contributed by atoms with Crippen LogP contribution in [-0.4, -0.2) is 39.3 Å². The molecule has 0 spiro atoms. The molecule has 1 fully saturated rings. The van der Waals surface area contributed by atoms with Crippen molar-refractivity contribution in [1.29, 1.82) is 0 Å². The molecule has 4 nitrogen and oxygen atoms in total. The molecule has 0 unspecified atom stereocenters. The number of ether oxygens (including phenoxy) is 1. The molecule has 17 heavy (non-hydrogen) atoms. The molecule has 0 amide bonds. The lowest BCUT2D eigenvalue weighted by atomic mass is 10.1. The van der Waals surface area contributed by atoms with Gasteiger partial charge in [-0.1, -0.05) is 18.2 Å². The van der Waals surface area contributed by atoms with Crippen LogP contribution in [0.3, 0.4) is 0 Å². The minimum atomic E-state index is -0.187. The molecule has 1 aromatic rings. The number of carbonyl (C=O) groups excluding carboxylic acids is 1. The number of esters is 1. The Morgan fingerprint density at radius 1 is 1.35 bits per heavy atom. The summed E-state index contributed by atoms with van der Waals surface area (Å²) in [6.07, 6.45) is 0.344. The quantitative estimate of drug-likeness (QED) is 0.786. The molecule has 1 N–H and O–H groups in total. The molecule has 1 aromatic carbocycles. The van der Waals surface area contributed by atoms with Crippen LogP contribution in [0.5, 0.6) is 0 Å². The zero-order valence-electron chi connectivity index (χ0n) is 10.1. The van der Waals surface area contributed by atoms with Crippen molar-refractivity contribution < 1.29 is 9.53 Å². The lowest BCUT2D eigenvalue weighted by Gasteiger charge is -2.31. The number of carbonyl (C=O) groups is 1. The maximum Gasteiger partial charge on any atom is 0.310 e. The van der Waals surface area contributed by atoms with Gasteiger partial charge in [-0.2, -0.15) is 0 Å². The highest BCUT2D eigenvalue weighted by Crippen LogP contribution is 2.21. The molecule has 1 aliphatic rings. The third kappa shape index (κ3) is 2.97. The summed E-state index contributed by atoms with van der Waals surface area (Å²) >= 11 is 0. The van der Waals surface area contributed by atoms with Gasteiger partial charge in [-0.3, -0.25) is 4.79 Å². The number of nitrogens with zero attached hydrogens (tertiary/aromatic N) is 1. The van der Waals surface area contributed by atoms with Crippen molar-refractivity contribution in [1.82, 2.24) is 5.32 Å². The van der Waals surface area contributed by atoms with Crippen molar-refractivity contribution >= 4 is 11.7 Å². The predicted octanol–water partition coefficient (Wildman–Crippen LogP) is 0.812. The van der Waals surface area contributed by atoms with E-state index in [-0.39, 0.29) is 5.97 Å². The second-order valence-corrected chi connectivity index (χ2v) is 4.12. The monoisotopic (exact) mass is 234 g/mol. The van der Waals surface area contributed by atoms with E-state index in [0.717, 1.165) is 37.4 Å². The smallest absolute Gasteiger partial charge is 0.310 e. The minimum absolute atomic E-state index is 0.187. The van der Waals surface area contributed by atoms with Crippen LogP contribution < -0.4 is 10.2 Å². The van der Waals surface area contributed by atoms with E-state index in [0.29, 0.717) is 6.42 Å². The highest BCUT2D eigenvalue weighted by atomic mass is 16.5. The molecule has 0 bridgehead atoms. The SMILES string of the molecule is COC(=O)Cc1ccccc1N1CCNCC1. The first-order valence-corrected chi connectivity index (χ1v) is 5.91. The summed E-state index contributed by atoms with van der Waals surface area (Å²) in [4.78, 5) is 13.7. The maximum absolute atomic E-state index is 11.4. The van der Waals surface area contributed by atoms with Gasteiger partial charge >= 0.3 is 5.97 Å². The van der Waals surface area contributed by atoms with Gasteiger partial charge in [0, 0.05) is 31.9 Å². The fraction of sp³-hybridized carbons (Fsp3) is 0.462. The highest BCUT2D eigenvalue weighted by molar-refractivity contribution is 5.75. The van der Waals surface area contributed by atoms with E-state index < -0.39 is 0 Å². The number of hydrogen-bond donors (Lipinski definition) is 1. The molecule has 0 aliphatic carbocycles. The second kappa shape index (κ2) is 5.68. The van der Waals surface area contributed by atoms with E-state index >= 15 is 0 Å². The maximum atomic E-state index is 11.4. The zero-order chi connectivity index (χ0) is 12.1. The number of rotatable bonds is 3. The summed E-state index contributed by atoms with van der Waals surface area (Å²) in [7, 11) is 1.43. The molecule has 0 radical (unpaired) electrons. The lowest BCUT2D eigenvalue weighted by molar-refractivity contribution is -0.139. The summed E-state index contributed by atoms with van der Waals surface area (Å²) in [5.41, 5.74) is 2.20. The van der Waals surface area contributed by atoms with Crippen molar-refractivity contribution in [3.8, 4) is 0 Å². The van der Waals surface area contributed by atoms with Gasteiger partial charge in [0.1, 0.15) is 0 Å². The van der Waals surface area contributed by atoms with Gasteiger partial charge in [0.15, 0.2) is 0 Å². The van der Waals surface area contributed by atoms with E-state index in [1.165, 1.54) is 7.11 Å². The van der Waals surface area contributed by atoms with Crippen LogP contribution in [0.25, 0.3) is 0 Å². The second-order valence-electron chi connectivity index (χ2n) is 4.12. The highest BCUT2D eigenvalue weighted by Gasteiger charge is 2.15. The number of para-hydroxylation sites is 1. The Morgan fingerprint density at radius 3 is 2.76 bits per heavy atom. The number of nitrogens with one attached hydrogen (secondary N) is 1. The Hall–Kier alpha value is -1.55. The Labute approximate surface area is 102 Å². The molecule has 0 saturated carbocycles. The number of methoxy groups -OCH3 is 1. The molecule has 1 heterocycles. The number of hydrogen-bond acceptors (Lipinski definition) is 4. The molecule has 2 rings (SSSR count). The van der Waals surface area contributed by atoms with Crippen LogP contribution in [0.15, 0.2) is 24.3 Å².